The second kappa shape index (κ2) is 8.21. The van der Waals surface area contributed by atoms with Crippen molar-refractivity contribution in [2.24, 2.45) is 0 Å². The summed E-state index contributed by atoms with van der Waals surface area (Å²) in [4.78, 5) is 15.1. The number of rotatable bonds is 5. The van der Waals surface area contributed by atoms with E-state index in [1.165, 1.54) is 10.6 Å². The van der Waals surface area contributed by atoms with Crippen molar-refractivity contribution in [2.75, 3.05) is 37.8 Å². The van der Waals surface area contributed by atoms with E-state index in [-0.39, 0.29) is 5.91 Å². The molecule has 1 amide bonds. The van der Waals surface area contributed by atoms with Gasteiger partial charge in [0.1, 0.15) is 6.04 Å². The zero-order valence-corrected chi connectivity index (χ0v) is 16.4. The molecule has 0 spiro atoms. The molecule has 3 rings (SSSR count). The smallest absolute Gasteiger partial charge is 0.246 e. The number of nitrogens with zero attached hydrogens (tertiary/aromatic N) is 2. The highest BCUT2D eigenvalue weighted by molar-refractivity contribution is 7.88. The third-order valence-corrected chi connectivity index (χ3v) is 6.09. The molecule has 27 heavy (non-hydrogen) atoms. The SMILES string of the molecule is Cc1ccc(NC(=O)C(c2ccccc2)N2CCN(S(C)(=O)=O)CC2)cc1. The summed E-state index contributed by atoms with van der Waals surface area (Å²) in [5.74, 6) is -0.113. The molecule has 1 fully saturated rings. The highest BCUT2D eigenvalue weighted by Gasteiger charge is 2.32. The number of carbonyl (C=O) groups excluding carboxylic acids is 1. The summed E-state index contributed by atoms with van der Waals surface area (Å²) in [6, 6.07) is 16.8. The molecule has 1 unspecified atom stereocenters. The lowest BCUT2D eigenvalue weighted by atomic mass is 10.0. The average Bonchev–Trinajstić information content (AvgIpc) is 2.64. The molecular formula is C20H25N3O3S. The van der Waals surface area contributed by atoms with Crippen LogP contribution in [0.2, 0.25) is 0 Å². The highest BCUT2D eigenvalue weighted by Crippen LogP contribution is 2.25. The number of benzene rings is 2. The number of carbonyl (C=O) groups is 1. The molecule has 2 aromatic rings. The second-order valence-corrected chi connectivity index (χ2v) is 8.85. The molecule has 1 N–H and O–H groups in total. The molecule has 0 radical (unpaired) electrons. The Kier molecular flexibility index (Phi) is 5.94. The minimum atomic E-state index is -3.21. The molecule has 1 atom stereocenters. The molecule has 7 heteroatoms. The summed E-state index contributed by atoms with van der Waals surface area (Å²) in [6.07, 6.45) is 1.22. The van der Waals surface area contributed by atoms with Gasteiger partial charge in [-0.05, 0) is 24.6 Å². The highest BCUT2D eigenvalue weighted by atomic mass is 32.2. The van der Waals surface area contributed by atoms with Crippen molar-refractivity contribution >= 4 is 21.6 Å². The zero-order valence-electron chi connectivity index (χ0n) is 15.6. The van der Waals surface area contributed by atoms with Gasteiger partial charge < -0.3 is 5.32 Å². The Bertz CT molecular complexity index is 874. The quantitative estimate of drug-likeness (QED) is 0.854. The maximum Gasteiger partial charge on any atom is 0.246 e. The lowest BCUT2D eigenvalue weighted by molar-refractivity contribution is -0.122. The van der Waals surface area contributed by atoms with E-state index in [0.29, 0.717) is 26.2 Å². The first kappa shape index (κ1) is 19.5. The standard InChI is InChI=1S/C20H25N3O3S/c1-16-8-10-18(11-9-16)21-20(24)19(17-6-4-3-5-7-17)22-12-14-23(15-13-22)27(2,25)26/h3-11,19H,12-15H2,1-2H3,(H,21,24). The van der Waals surface area contributed by atoms with Crippen molar-refractivity contribution < 1.29 is 13.2 Å². The third kappa shape index (κ3) is 4.94. The molecule has 6 nitrogen and oxygen atoms in total. The fourth-order valence-electron chi connectivity index (χ4n) is 3.30. The first-order valence-electron chi connectivity index (χ1n) is 8.96. The van der Waals surface area contributed by atoms with Crippen molar-refractivity contribution in [3.05, 3.63) is 65.7 Å². The Labute approximate surface area is 160 Å². The van der Waals surface area contributed by atoms with Gasteiger partial charge in [0.2, 0.25) is 15.9 Å². The lowest BCUT2D eigenvalue weighted by Crippen LogP contribution is -2.51. The van der Waals surface area contributed by atoms with E-state index in [1.807, 2.05) is 66.4 Å². The number of amides is 1. The van der Waals surface area contributed by atoms with Gasteiger partial charge in [0.05, 0.1) is 6.26 Å². The minimum Gasteiger partial charge on any atom is -0.324 e. The number of aryl methyl sites for hydroxylation is 1. The van der Waals surface area contributed by atoms with E-state index in [1.54, 1.807) is 0 Å². The van der Waals surface area contributed by atoms with E-state index in [4.69, 9.17) is 0 Å². The van der Waals surface area contributed by atoms with Gasteiger partial charge in [-0.25, -0.2) is 8.42 Å². The van der Waals surface area contributed by atoms with Crippen LogP contribution in [0.4, 0.5) is 5.69 Å². The first-order chi connectivity index (χ1) is 12.8. The molecule has 0 saturated carbocycles. The number of piperazine rings is 1. The number of hydrogen-bond donors (Lipinski definition) is 1. The number of anilines is 1. The molecule has 1 saturated heterocycles. The fraction of sp³-hybridized carbons (Fsp3) is 0.350. The van der Waals surface area contributed by atoms with Crippen LogP contribution < -0.4 is 5.32 Å². The van der Waals surface area contributed by atoms with Crippen LogP contribution in [0, 0.1) is 6.92 Å². The van der Waals surface area contributed by atoms with Crippen LogP contribution in [0.3, 0.4) is 0 Å². The van der Waals surface area contributed by atoms with Gasteiger partial charge in [0.25, 0.3) is 0 Å². The first-order valence-corrected chi connectivity index (χ1v) is 10.8. The number of hydrogen-bond acceptors (Lipinski definition) is 4. The van der Waals surface area contributed by atoms with Gasteiger partial charge in [-0.3, -0.25) is 9.69 Å². The van der Waals surface area contributed by atoms with Crippen molar-refractivity contribution in [1.82, 2.24) is 9.21 Å². The molecule has 144 valence electrons. The minimum absolute atomic E-state index is 0.113. The van der Waals surface area contributed by atoms with Gasteiger partial charge >= 0.3 is 0 Å². The van der Waals surface area contributed by atoms with Gasteiger partial charge in [0.15, 0.2) is 0 Å². The van der Waals surface area contributed by atoms with E-state index in [0.717, 1.165) is 16.8 Å². The topological polar surface area (TPSA) is 69.7 Å². The Morgan fingerprint density at radius 3 is 2.11 bits per heavy atom. The molecular weight excluding hydrogens is 362 g/mol. The van der Waals surface area contributed by atoms with Crippen molar-refractivity contribution in [2.45, 2.75) is 13.0 Å². The van der Waals surface area contributed by atoms with Gasteiger partial charge in [0, 0.05) is 31.9 Å². The Morgan fingerprint density at radius 2 is 1.56 bits per heavy atom. The van der Waals surface area contributed by atoms with Crippen LogP contribution in [0.25, 0.3) is 0 Å². The lowest BCUT2D eigenvalue weighted by Gasteiger charge is -2.37. The average molecular weight is 388 g/mol. The summed E-state index contributed by atoms with van der Waals surface area (Å²) >= 11 is 0. The predicted molar refractivity (Wildman–Crippen MR) is 107 cm³/mol. The van der Waals surface area contributed by atoms with Crippen LogP contribution in [-0.4, -0.2) is 56.0 Å². The van der Waals surface area contributed by atoms with Gasteiger partial charge in [-0.2, -0.15) is 4.31 Å². The van der Waals surface area contributed by atoms with Gasteiger partial charge in [-0.1, -0.05) is 48.0 Å². The largest absolute Gasteiger partial charge is 0.324 e. The Hall–Kier alpha value is -2.22. The van der Waals surface area contributed by atoms with Gasteiger partial charge in [-0.15, -0.1) is 0 Å². The number of nitrogens with one attached hydrogen (secondary N) is 1. The zero-order chi connectivity index (χ0) is 19.4. The molecule has 1 aliphatic rings. The van der Waals surface area contributed by atoms with E-state index < -0.39 is 16.1 Å². The van der Waals surface area contributed by atoms with Crippen LogP contribution in [0.15, 0.2) is 54.6 Å². The summed E-state index contributed by atoms with van der Waals surface area (Å²) < 4.78 is 25.0. The predicted octanol–water partition coefficient (Wildman–Crippen LogP) is 2.25. The fourth-order valence-corrected chi connectivity index (χ4v) is 4.13. The van der Waals surface area contributed by atoms with E-state index in [9.17, 15) is 13.2 Å². The molecule has 0 aliphatic carbocycles. The van der Waals surface area contributed by atoms with Crippen molar-refractivity contribution in [3.63, 3.8) is 0 Å². The summed E-state index contributed by atoms with van der Waals surface area (Å²) in [7, 11) is -3.21. The van der Waals surface area contributed by atoms with E-state index >= 15 is 0 Å². The Balaban J connectivity index is 1.80. The monoisotopic (exact) mass is 387 g/mol. The normalized spacial score (nSPS) is 17.4. The van der Waals surface area contributed by atoms with E-state index in [2.05, 4.69) is 5.32 Å². The van der Waals surface area contributed by atoms with Crippen molar-refractivity contribution in [3.8, 4) is 0 Å². The number of sulfonamides is 1. The summed E-state index contributed by atoms with van der Waals surface area (Å²) in [5.41, 5.74) is 2.78. The third-order valence-electron chi connectivity index (χ3n) is 4.79. The van der Waals surface area contributed by atoms with Crippen LogP contribution >= 0.6 is 0 Å². The molecule has 0 aromatic heterocycles. The van der Waals surface area contributed by atoms with Crippen molar-refractivity contribution in [1.29, 1.82) is 0 Å². The maximum atomic E-state index is 13.1. The summed E-state index contributed by atoms with van der Waals surface area (Å²) in [5, 5.41) is 2.99. The van der Waals surface area contributed by atoms with Crippen LogP contribution in [0.1, 0.15) is 17.2 Å². The second-order valence-electron chi connectivity index (χ2n) is 6.87. The molecule has 1 aliphatic heterocycles. The molecule has 2 aromatic carbocycles. The Morgan fingerprint density at radius 1 is 0.963 bits per heavy atom. The maximum absolute atomic E-state index is 13.1. The summed E-state index contributed by atoms with van der Waals surface area (Å²) in [6.45, 7) is 3.79. The molecule has 0 bridgehead atoms. The molecule has 1 heterocycles. The van der Waals surface area contributed by atoms with Crippen LogP contribution in [-0.2, 0) is 14.8 Å². The van der Waals surface area contributed by atoms with Crippen LogP contribution in [0.5, 0.6) is 0 Å².